The first-order valence-corrected chi connectivity index (χ1v) is 10.5. The molecule has 5 heteroatoms. The molecule has 1 amide bonds. The van der Waals surface area contributed by atoms with E-state index in [1.54, 1.807) is 7.11 Å². The molecule has 1 N–H and O–H groups in total. The number of amides is 1. The summed E-state index contributed by atoms with van der Waals surface area (Å²) in [5, 5.41) is 3.11. The Morgan fingerprint density at radius 3 is 2.89 bits per heavy atom. The van der Waals surface area contributed by atoms with Crippen LogP contribution in [0, 0.1) is 13.8 Å². The predicted molar refractivity (Wildman–Crippen MR) is 112 cm³/mol. The Morgan fingerprint density at radius 1 is 1.29 bits per heavy atom. The van der Waals surface area contributed by atoms with Crippen molar-refractivity contribution in [1.82, 2.24) is 10.2 Å². The second-order valence-electron chi connectivity index (χ2n) is 7.97. The minimum Gasteiger partial charge on any atom is -0.496 e. The van der Waals surface area contributed by atoms with Crippen molar-refractivity contribution >= 4 is 5.91 Å². The van der Waals surface area contributed by atoms with Crippen molar-refractivity contribution < 1.29 is 14.3 Å². The predicted octanol–water partition coefficient (Wildman–Crippen LogP) is 3.52. The van der Waals surface area contributed by atoms with Gasteiger partial charge in [-0.15, -0.1) is 0 Å². The lowest BCUT2D eigenvalue weighted by molar-refractivity contribution is -0.124. The number of hydrogen-bond donors (Lipinski definition) is 1. The van der Waals surface area contributed by atoms with Crippen molar-refractivity contribution in [2.45, 2.75) is 58.5 Å². The van der Waals surface area contributed by atoms with E-state index in [1.807, 2.05) is 6.07 Å². The van der Waals surface area contributed by atoms with E-state index in [0.29, 0.717) is 19.6 Å². The van der Waals surface area contributed by atoms with Crippen LogP contribution in [0.2, 0.25) is 0 Å². The molecule has 0 saturated carbocycles. The maximum atomic E-state index is 12.5. The second-order valence-corrected chi connectivity index (χ2v) is 7.97. The van der Waals surface area contributed by atoms with Gasteiger partial charge in [0.25, 0.3) is 0 Å². The van der Waals surface area contributed by atoms with Gasteiger partial charge >= 0.3 is 0 Å². The topological polar surface area (TPSA) is 50.8 Å². The fourth-order valence-corrected chi connectivity index (χ4v) is 4.11. The average Bonchev–Trinajstić information content (AvgIpc) is 2.72. The van der Waals surface area contributed by atoms with Crippen LogP contribution in [0.4, 0.5) is 0 Å². The second kappa shape index (κ2) is 10.1. The minimum atomic E-state index is 0.120. The van der Waals surface area contributed by atoms with Crippen molar-refractivity contribution in [2.24, 2.45) is 0 Å². The third-order valence-corrected chi connectivity index (χ3v) is 6.11. The van der Waals surface area contributed by atoms with Crippen LogP contribution < -0.4 is 10.1 Å². The number of carbonyl (C=O) groups is 1. The highest BCUT2D eigenvalue weighted by atomic mass is 16.5. The lowest BCUT2D eigenvalue weighted by Gasteiger charge is -2.35. The lowest BCUT2D eigenvalue weighted by Crippen LogP contribution is -2.47. The van der Waals surface area contributed by atoms with E-state index in [9.17, 15) is 4.79 Å². The van der Waals surface area contributed by atoms with Crippen molar-refractivity contribution in [1.29, 1.82) is 0 Å². The van der Waals surface area contributed by atoms with Gasteiger partial charge in [-0.3, -0.25) is 9.69 Å². The first-order valence-electron chi connectivity index (χ1n) is 10.5. The number of nitrogens with one attached hydrogen (secondary N) is 1. The fourth-order valence-electron chi connectivity index (χ4n) is 4.11. The lowest BCUT2D eigenvalue weighted by atomic mass is 9.99. The Balaban J connectivity index is 1.58. The molecule has 1 unspecified atom stereocenters. The highest BCUT2D eigenvalue weighted by Crippen LogP contribution is 2.26. The van der Waals surface area contributed by atoms with Gasteiger partial charge in [0.1, 0.15) is 5.75 Å². The SMILES string of the molecule is COc1ccc(CN2CCOCC2CC(=O)NCC2=CCCCC2)c(C)c1C. The highest BCUT2D eigenvalue weighted by molar-refractivity contribution is 5.76. The molecular weight excluding hydrogens is 352 g/mol. The van der Waals surface area contributed by atoms with Crippen LogP contribution in [0.15, 0.2) is 23.8 Å². The summed E-state index contributed by atoms with van der Waals surface area (Å²) in [6.07, 6.45) is 7.56. The summed E-state index contributed by atoms with van der Waals surface area (Å²) < 4.78 is 11.1. The van der Waals surface area contributed by atoms with Gasteiger partial charge in [0, 0.05) is 32.1 Å². The van der Waals surface area contributed by atoms with Crippen LogP contribution in [0.1, 0.15) is 48.8 Å². The Bertz CT molecular complexity index is 714. The Kier molecular flexibility index (Phi) is 7.51. The third-order valence-electron chi connectivity index (χ3n) is 6.11. The average molecular weight is 387 g/mol. The van der Waals surface area contributed by atoms with Gasteiger partial charge in [0.05, 0.1) is 20.3 Å². The molecular formula is C23H34N2O3. The molecule has 1 fully saturated rings. The van der Waals surface area contributed by atoms with Crippen LogP contribution in [0.25, 0.3) is 0 Å². The van der Waals surface area contributed by atoms with Gasteiger partial charge in [0.15, 0.2) is 0 Å². The molecule has 3 rings (SSSR count). The highest BCUT2D eigenvalue weighted by Gasteiger charge is 2.26. The molecule has 1 atom stereocenters. The molecule has 1 heterocycles. The van der Waals surface area contributed by atoms with Gasteiger partial charge in [-0.2, -0.15) is 0 Å². The number of rotatable bonds is 7. The van der Waals surface area contributed by atoms with Crippen molar-refractivity contribution in [2.75, 3.05) is 33.4 Å². The number of ether oxygens (including phenoxy) is 2. The maximum Gasteiger partial charge on any atom is 0.221 e. The van der Waals surface area contributed by atoms with E-state index >= 15 is 0 Å². The van der Waals surface area contributed by atoms with Gasteiger partial charge in [-0.05, 0) is 62.3 Å². The number of allylic oxidation sites excluding steroid dienone is 1. The van der Waals surface area contributed by atoms with Crippen LogP contribution in [-0.4, -0.2) is 50.3 Å². The van der Waals surface area contributed by atoms with Gasteiger partial charge in [0.2, 0.25) is 5.91 Å². The molecule has 1 aliphatic heterocycles. The number of hydrogen-bond acceptors (Lipinski definition) is 4. The molecule has 1 aromatic carbocycles. The quantitative estimate of drug-likeness (QED) is 0.729. The zero-order chi connectivity index (χ0) is 19.9. The van der Waals surface area contributed by atoms with E-state index in [-0.39, 0.29) is 11.9 Å². The standard InChI is InChI=1S/C23H34N2O3/c1-17-18(2)22(27-3)10-9-20(17)15-25-11-12-28-16-21(25)13-23(26)24-14-19-7-5-4-6-8-19/h7,9-10,21H,4-6,8,11-16H2,1-3H3,(H,24,26). The van der Waals surface area contributed by atoms with Gasteiger partial charge in [-0.25, -0.2) is 0 Å². The van der Waals surface area contributed by atoms with Gasteiger partial charge < -0.3 is 14.8 Å². The fraction of sp³-hybridized carbons (Fsp3) is 0.609. The smallest absolute Gasteiger partial charge is 0.221 e. The van der Waals surface area contributed by atoms with E-state index < -0.39 is 0 Å². The Hall–Kier alpha value is -1.85. The van der Waals surface area contributed by atoms with Crippen LogP contribution >= 0.6 is 0 Å². The molecule has 154 valence electrons. The molecule has 0 aromatic heterocycles. The van der Waals surface area contributed by atoms with Crippen LogP contribution in [0.5, 0.6) is 5.75 Å². The molecule has 28 heavy (non-hydrogen) atoms. The molecule has 1 aliphatic carbocycles. The molecule has 5 nitrogen and oxygen atoms in total. The number of morpholine rings is 1. The van der Waals surface area contributed by atoms with Crippen molar-refractivity contribution in [3.05, 3.63) is 40.5 Å². The first kappa shape index (κ1) is 20.9. The third kappa shape index (κ3) is 5.36. The number of methoxy groups -OCH3 is 1. The zero-order valence-electron chi connectivity index (χ0n) is 17.6. The van der Waals surface area contributed by atoms with E-state index in [2.05, 4.69) is 36.2 Å². The van der Waals surface area contributed by atoms with Crippen LogP contribution in [-0.2, 0) is 16.1 Å². The van der Waals surface area contributed by atoms with Gasteiger partial charge in [-0.1, -0.05) is 17.7 Å². The normalized spacial score (nSPS) is 20.5. The molecule has 0 spiro atoms. The molecule has 0 radical (unpaired) electrons. The monoisotopic (exact) mass is 386 g/mol. The van der Waals surface area contributed by atoms with E-state index in [0.717, 1.165) is 38.3 Å². The largest absolute Gasteiger partial charge is 0.496 e. The number of nitrogens with zero attached hydrogens (tertiary/aromatic N) is 1. The molecule has 2 aliphatic rings. The summed E-state index contributed by atoms with van der Waals surface area (Å²) in [4.78, 5) is 14.9. The van der Waals surface area contributed by atoms with Crippen molar-refractivity contribution in [3.8, 4) is 5.75 Å². The number of benzene rings is 1. The molecule has 1 aromatic rings. The van der Waals surface area contributed by atoms with E-state index in [1.165, 1.54) is 35.1 Å². The van der Waals surface area contributed by atoms with E-state index in [4.69, 9.17) is 9.47 Å². The Labute approximate surface area is 169 Å². The first-order chi connectivity index (χ1) is 13.6. The summed E-state index contributed by atoms with van der Waals surface area (Å²) in [5.74, 6) is 1.05. The van der Waals surface area contributed by atoms with Crippen LogP contribution in [0.3, 0.4) is 0 Å². The molecule has 1 saturated heterocycles. The summed E-state index contributed by atoms with van der Waals surface area (Å²) in [5.41, 5.74) is 5.11. The zero-order valence-corrected chi connectivity index (χ0v) is 17.6. The van der Waals surface area contributed by atoms with Crippen molar-refractivity contribution in [3.63, 3.8) is 0 Å². The summed E-state index contributed by atoms with van der Waals surface area (Å²) in [6, 6.07) is 4.30. The number of carbonyl (C=O) groups excluding carboxylic acids is 1. The minimum absolute atomic E-state index is 0.120. The maximum absolute atomic E-state index is 12.5. The molecule has 0 bridgehead atoms. The summed E-state index contributed by atoms with van der Waals surface area (Å²) in [7, 11) is 1.71. The Morgan fingerprint density at radius 2 is 2.14 bits per heavy atom. The summed E-state index contributed by atoms with van der Waals surface area (Å²) in [6.45, 7) is 7.97. The summed E-state index contributed by atoms with van der Waals surface area (Å²) >= 11 is 0.